The number of allylic oxidation sites excluding steroid dienone is 1. The number of unbranched alkanes of at least 4 members (excludes halogenated alkanes) is 2. The number of Topliss-reactive ketones (excluding diaryl/α,β-unsaturated/α-hetero) is 1. The van der Waals surface area contributed by atoms with Crippen molar-refractivity contribution in [3.05, 3.63) is 36.5 Å². The Balaban J connectivity index is 0. The van der Waals surface area contributed by atoms with Crippen LogP contribution >= 0.6 is 0 Å². The van der Waals surface area contributed by atoms with E-state index in [0.717, 1.165) is 31.4 Å². The van der Waals surface area contributed by atoms with Gasteiger partial charge in [0, 0.05) is 17.6 Å². The van der Waals surface area contributed by atoms with E-state index in [0.29, 0.717) is 36.0 Å². The Bertz CT molecular complexity index is 896. The first-order valence-electron chi connectivity index (χ1n) is 15.7. The number of esters is 2. The Kier molecular flexibility index (Phi) is 21.0. The van der Waals surface area contributed by atoms with Crippen LogP contribution in [0.5, 0.6) is 0 Å². The van der Waals surface area contributed by atoms with Crippen LogP contribution in [0.3, 0.4) is 0 Å². The lowest BCUT2D eigenvalue weighted by atomic mass is 10.1. The highest BCUT2D eigenvalue weighted by molar-refractivity contribution is 6.85. The van der Waals surface area contributed by atoms with Gasteiger partial charge in [0.1, 0.15) is 6.23 Å². The molecule has 0 bridgehead atoms. The van der Waals surface area contributed by atoms with Crippen molar-refractivity contribution in [2.24, 2.45) is 0 Å². The van der Waals surface area contributed by atoms with Crippen LogP contribution < -0.4 is 0 Å². The minimum absolute atomic E-state index is 0.166. The molecule has 7 nitrogen and oxygen atoms in total. The predicted octanol–water partition coefficient (Wildman–Crippen LogP) is 9.11. The topological polar surface area (TPSA) is 88.1 Å². The molecule has 0 aliphatic rings. The molecular weight excluding hydrogens is 609 g/mol. The van der Waals surface area contributed by atoms with Crippen molar-refractivity contribution < 1.29 is 32.1 Å². The molecular formula is C32H64O7Si4. The molecule has 0 aromatic heterocycles. The van der Waals surface area contributed by atoms with E-state index in [2.05, 4.69) is 79.0 Å². The molecule has 0 saturated carbocycles. The van der Waals surface area contributed by atoms with Gasteiger partial charge in [0.05, 0.1) is 6.61 Å². The maximum atomic E-state index is 11.6. The molecule has 0 saturated heterocycles. The molecule has 0 aromatic rings. The van der Waals surface area contributed by atoms with Gasteiger partial charge in [0.25, 0.3) is 0 Å². The van der Waals surface area contributed by atoms with Crippen LogP contribution in [0.25, 0.3) is 0 Å². The van der Waals surface area contributed by atoms with Gasteiger partial charge in [0.2, 0.25) is 8.32 Å². The molecule has 0 aliphatic carbocycles. The third kappa shape index (κ3) is 24.6. The van der Waals surface area contributed by atoms with Gasteiger partial charge in [-0.2, -0.15) is 0 Å². The second-order valence-electron chi connectivity index (χ2n) is 14.1. The minimum atomic E-state index is -1.92. The Morgan fingerprint density at radius 3 is 1.42 bits per heavy atom. The molecule has 11 heteroatoms. The Labute approximate surface area is 268 Å². The first kappa shape index (κ1) is 43.7. The van der Waals surface area contributed by atoms with Gasteiger partial charge in [0.15, 0.2) is 30.7 Å². The number of carbonyl (C=O) groups is 3. The first-order chi connectivity index (χ1) is 19.5. The van der Waals surface area contributed by atoms with Gasteiger partial charge in [-0.15, -0.1) is 0 Å². The molecule has 0 atom stereocenters. The van der Waals surface area contributed by atoms with Crippen molar-refractivity contribution in [2.45, 2.75) is 137 Å². The zero-order valence-electron chi connectivity index (χ0n) is 29.8. The van der Waals surface area contributed by atoms with Gasteiger partial charge >= 0.3 is 11.9 Å². The summed E-state index contributed by atoms with van der Waals surface area (Å²) in [5.41, 5.74) is 1.53. The van der Waals surface area contributed by atoms with Gasteiger partial charge < -0.3 is 17.7 Å². The molecule has 0 unspecified atom stereocenters. The number of ether oxygens (including phenoxy) is 2. The summed E-state index contributed by atoms with van der Waals surface area (Å²) in [6.45, 7) is 36.2. The number of rotatable bonds is 21. The highest BCUT2D eigenvalue weighted by Crippen LogP contribution is 2.25. The van der Waals surface area contributed by atoms with Gasteiger partial charge in [-0.25, -0.2) is 9.59 Å². The Hall–Kier alpha value is -1.38. The Morgan fingerprint density at radius 2 is 0.977 bits per heavy atom. The van der Waals surface area contributed by atoms with E-state index in [1.54, 1.807) is 20.8 Å². The summed E-state index contributed by atoms with van der Waals surface area (Å²) in [4.78, 5) is 34.3. The normalized spacial score (nSPS) is 12.1. The third-order valence-corrected chi connectivity index (χ3v) is 20.9. The molecule has 0 N–H and O–H groups in total. The smallest absolute Gasteiger partial charge is 0.333 e. The van der Waals surface area contributed by atoms with Crippen molar-refractivity contribution in [3.63, 3.8) is 0 Å². The zero-order valence-corrected chi connectivity index (χ0v) is 33.8. The van der Waals surface area contributed by atoms with Gasteiger partial charge in [-0.05, 0) is 110 Å². The fourth-order valence-corrected chi connectivity index (χ4v) is 21.7. The van der Waals surface area contributed by atoms with Crippen LogP contribution in [-0.2, 0) is 32.1 Å². The average molecular weight is 673 g/mol. The van der Waals surface area contributed by atoms with Crippen LogP contribution in [0.4, 0.5) is 0 Å². The average Bonchev–Trinajstić information content (AvgIpc) is 2.85. The highest BCUT2D eigenvalue weighted by Gasteiger charge is 2.34. The van der Waals surface area contributed by atoms with Crippen LogP contribution in [0.15, 0.2) is 36.5 Å². The molecule has 0 amide bonds. The SMILES string of the molecule is C=C(C)C(=O)CCCC[Si](C)(C)O[Si](C)(C)CCCOC(=O)C(=C)C.C=C(C)C(=O)OC[Si](C)(C)O[Si](C)(C)CCCC. The standard InChI is InChI=1S/C19H36O4Si2.C13H28O3Si2/c1-16(2)18(20)12-9-10-14-24(5,6)23-25(7,8)15-11-13-22-19(21)17(3)4;1-8-9-10-17(4,5)16-18(6,7)11-15-13(14)12(2)3/h1,3,9-15H2,2,4-8H3;2,8-11H2,1,3-7H3. The van der Waals surface area contributed by atoms with Gasteiger partial charge in [-0.3, -0.25) is 4.79 Å². The minimum Gasteiger partial charge on any atom is -0.463 e. The van der Waals surface area contributed by atoms with Crippen LogP contribution in [0, 0.1) is 0 Å². The van der Waals surface area contributed by atoms with E-state index in [1.165, 1.54) is 18.9 Å². The molecule has 0 fully saturated rings. The van der Waals surface area contributed by atoms with Crippen LogP contribution in [-0.4, -0.2) is 63.8 Å². The molecule has 0 aromatic carbocycles. The summed E-state index contributed by atoms with van der Waals surface area (Å²) >= 11 is 0. The summed E-state index contributed by atoms with van der Waals surface area (Å²) in [5, 5.41) is 0. The second kappa shape index (κ2) is 20.6. The van der Waals surface area contributed by atoms with E-state index >= 15 is 0 Å². The molecule has 0 aliphatic heterocycles. The monoisotopic (exact) mass is 672 g/mol. The third-order valence-electron chi connectivity index (χ3n) is 6.55. The highest BCUT2D eigenvalue weighted by atomic mass is 28.4. The molecule has 0 spiro atoms. The maximum absolute atomic E-state index is 11.6. The number of ketones is 1. The fraction of sp³-hybridized carbons (Fsp3) is 0.719. The number of hydrogen-bond acceptors (Lipinski definition) is 7. The lowest BCUT2D eigenvalue weighted by molar-refractivity contribution is -0.139. The van der Waals surface area contributed by atoms with E-state index < -0.39 is 33.3 Å². The predicted molar refractivity (Wildman–Crippen MR) is 191 cm³/mol. The van der Waals surface area contributed by atoms with E-state index in [-0.39, 0.29) is 17.7 Å². The fourth-order valence-electron chi connectivity index (χ4n) is 4.48. The van der Waals surface area contributed by atoms with Crippen molar-refractivity contribution in [1.82, 2.24) is 0 Å². The van der Waals surface area contributed by atoms with Gasteiger partial charge in [-0.1, -0.05) is 45.9 Å². The number of carbonyl (C=O) groups excluding carboxylic acids is 3. The van der Waals surface area contributed by atoms with Crippen LogP contribution in [0.2, 0.25) is 70.5 Å². The van der Waals surface area contributed by atoms with Crippen molar-refractivity contribution in [2.75, 3.05) is 12.8 Å². The largest absolute Gasteiger partial charge is 0.463 e. The van der Waals surface area contributed by atoms with Crippen molar-refractivity contribution in [1.29, 1.82) is 0 Å². The molecule has 250 valence electrons. The molecule has 43 heavy (non-hydrogen) atoms. The molecule has 0 radical (unpaired) electrons. The zero-order chi connectivity index (χ0) is 34.1. The maximum Gasteiger partial charge on any atom is 0.333 e. The summed E-state index contributed by atoms with van der Waals surface area (Å²) in [6, 6.07) is 3.22. The van der Waals surface area contributed by atoms with E-state index in [9.17, 15) is 14.4 Å². The Morgan fingerprint density at radius 1 is 0.558 bits per heavy atom. The lowest BCUT2D eigenvalue weighted by Gasteiger charge is -2.34. The summed E-state index contributed by atoms with van der Waals surface area (Å²) in [7, 11) is -7.03. The van der Waals surface area contributed by atoms with Crippen molar-refractivity contribution in [3.8, 4) is 0 Å². The molecule has 0 heterocycles. The van der Waals surface area contributed by atoms with E-state index in [4.69, 9.17) is 17.7 Å². The van der Waals surface area contributed by atoms with Crippen LogP contribution in [0.1, 0.15) is 66.2 Å². The number of hydrogen-bond donors (Lipinski definition) is 0. The summed E-state index contributed by atoms with van der Waals surface area (Å²) in [5.74, 6) is -0.467. The molecule has 0 rings (SSSR count). The first-order valence-corrected chi connectivity index (χ1v) is 28.2. The quantitative estimate of drug-likeness (QED) is 0.0520. The second-order valence-corrected chi connectivity index (χ2v) is 31.6. The summed E-state index contributed by atoms with van der Waals surface area (Å²) < 4.78 is 23.3. The summed E-state index contributed by atoms with van der Waals surface area (Å²) in [6.07, 6.45) is 6.19. The lowest BCUT2D eigenvalue weighted by Crippen LogP contribution is -2.48. The van der Waals surface area contributed by atoms with E-state index in [1.807, 2.05) is 0 Å². The van der Waals surface area contributed by atoms with Crippen molar-refractivity contribution >= 4 is 51.0 Å².